The second-order valence-corrected chi connectivity index (χ2v) is 4.79. The molecule has 1 aromatic carbocycles. The van der Waals surface area contributed by atoms with E-state index in [4.69, 9.17) is 11.6 Å². The molecule has 3 aromatic rings. The summed E-state index contributed by atoms with van der Waals surface area (Å²) in [5.41, 5.74) is 2.67. The van der Waals surface area contributed by atoms with Gasteiger partial charge in [-0.15, -0.1) is 0 Å². The molecule has 0 aliphatic carbocycles. The van der Waals surface area contributed by atoms with Crippen molar-refractivity contribution in [3.8, 4) is 11.1 Å². The van der Waals surface area contributed by atoms with Gasteiger partial charge in [0.2, 0.25) is 5.28 Å². The van der Waals surface area contributed by atoms with Crippen LogP contribution in [0, 0.1) is 0 Å². The molecule has 0 spiro atoms. The zero-order valence-electron chi connectivity index (χ0n) is 11.4. The van der Waals surface area contributed by atoms with E-state index in [9.17, 15) is 4.79 Å². The second-order valence-electron chi connectivity index (χ2n) is 4.45. The molecule has 108 valence electrons. The van der Waals surface area contributed by atoms with Crippen molar-refractivity contribution in [2.75, 3.05) is 5.32 Å². The number of nitrogens with one attached hydrogen (secondary N) is 1. The summed E-state index contributed by atoms with van der Waals surface area (Å²) >= 11 is 5.70. The van der Waals surface area contributed by atoms with Crippen LogP contribution in [0.25, 0.3) is 11.1 Å². The maximum absolute atomic E-state index is 12.3. The van der Waals surface area contributed by atoms with Gasteiger partial charge in [0.1, 0.15) is 5.69 Å². The smallest absolute Gasteiger partial charge is 0.274 e. The molecule has 0 radical (unpaired) electrons. The third-order valence-electron chi connectivity index (χ3n) is 3.01. The Hall–Kier alpha value is -2.79. The Labute approximate surface area is 132 Å². The van der Waals surface area contributed by atoms with Crippen LogP contribution in [-0.4, -0.2) is 20.9 Å². The first-order valence-electron chi connectivity index (χ1n) is 6.53. The van der Waals surface area contributed by atoms with E-state index in [1.165, 1.54) is 12.3 Å². The Balaban J connectivity index is 1.92. The van der Waals surface area contributed by atoms with Crippen LogP contribution >= 0.6 is 11.6 Å². The van der Waals surface area contributed by atoms with Gasteiger partial charge in [-0.1, -0.05) is 30.3 Å². The molecule has 0 unspecified atom stereocenters. The van der Waals surface area contributed by atoms with E-state index in [1.54, 1.807) is 12.4 Å². The summed E-state index contributed by atoms with van der Waals surface area (Å²) < 4.78 is 0. The summed E-state index contributed by atoms with van der Waals surface area (Å²) in [5.74, 6) is -0.366. The Bertz CT molecular complexity index is 808. The zero-order chi connectivity index (χ0) is 15.4. The standard InChI is InChI=1S/C16H11ClN4O/c17-16-19-9-7-13(21-16)15(22)20-14-10-18-8-6-12(14)11-4-2-1-3-5-11/h1-10H,(H,20,22). The molecule has 0 atom stereocenters. The Morgan fingerprint density at radius 1 is 1.05 bits per heavy atom. The summed E-state index contributed by atoms with van der Waals surface area (Å²) in [5, 5.41) is 2.83. The maximum atomic E-state index is 12.3. The number of carbonyl (C=O) groups excluding carboxylic acids is 1. The number of pyridine rings is 1. The highest BCUT2D eigenvalue weighted by molar-refractivity contribution is 6.28. The predicted molar refractivity (Wildman–Crippen MR) is 84.7 cm³/mol. The number of hydrogen-bond acceptors (Lipinski definition) is 4. The molecule has 2 heterocycles. The van der Waals surface area contributed by atoms with E-state index in [1.807, 2.05) is 36.4 Å². The fourth-order valence-electron chi connectivity index (χ4n) is 2.01. The molecule has 3 rings (SSSR count). The lowest BCUT2D eigenvalue weighted by atomic mass is 10.1. The van der Waals surface area contributed by atoms with Gasteiger partial charge in [-0.25, -0.2) is 9.97 Å². The predicted octanol–water partition coefficient (Wildman–Crippen LogP) is 3.44. The van der Waals surface area contributed by atoms with Crippen molar-refractivity contribution in [1.29, 1.82) is 0 Å². The minimum Gasteiger partial charge on any atom is -0.319 e. The molecule has 0 bridgehead atoms. The number of carbonyl (C=O) groups is 1. The van der Waals surface area contributed by atoms with E-state index in [-0.39, 0.29) is 16.9 Å². The highest BCUT2D eigenvalue weighted by atomic mass is 35.5. The average molecular weight is 311 g/mol. The molecule has 0 fully saturated rings. The van der Waals surface area contributed by atoms with Gasteiger partial charge in [0.05, 0.1) is 11.9 Å². The molecule has 0 aliphatic heterocycles. The Kier molecular flexibility index (Phi) is 4.07. The number of benzene rings is 1. The van der Waals surface area contributed by atoms with Gasteiger partial charge in [-0.3, -0.25) is 9.78 Å². The Morgan fingerprint density at radius 2 is 1.86 bits per heavy atom. The highest BCUT2D eigenvalue weighted by Gasteiger charge is 2.12. The van der Waals surface area contributed by atoms with E-state index >= 15 is 0 Å². The van der Waals surface area contributed by atoms with Crippen LogP contribution in [0.4, 0.5) is 5.69 Å². The minimum atomic E-state index is -0.366. The molecule has 0 aliphatic rings. The molecule has 0 saturated heterocycles. The molecular formula is C16H11ClN4O. The summed E-state index contributed by atoms with van der Waals surface area (Å²) in [4.78, 5) is 24.0. The monoisotopic (exact) mass is 310 g/mol. The fraction of sp³-hybridized carbons (Fsp3) is 0. The first-order chi connectivity index (χ1) is 10.7. The fourth-order valence-corrected chi connectivity index (χ4v) is 2.16. The van der Waals surface area contributed by atoms with Crippen LogP contribution in [-0.2, 0) is 0 Å². The van der Waals surface area contributed by atoms with Crippen molar-refractivity contribution in [1.82, 2.24) is 15.0 Å². The maximum Gasteiger partial charge on any atom is 0.274 e. The largest absolute Gasteiger partial charge is 0.319 e. The van der Waals surface area contributed by atoms with Crippen LogP contribution in [0.3, 0.4) is 0 Å². The van der Waals surface area contributed by atoms with Gasteiger partial charge < -0.3 is 5.32 Å². The number of rotatable bonds is 3. The summed E-state index contributed by atoms with van der Waals surface area (Å²) in [6, 6.07) is 13.1. The van der Waals surface area contributed by atoms with Crippen LogP contribution in [0.5, 0.6) is 0 Å². The van der Waals surface area contributed by atoms with Crippen molar-refractivity contribution < 1.29 is 4.79 Å². The lowest BCUT2D eigenvalue weighted by Crippen LogP contribution is -2.14. The summed E-state index contributed by atoms with van der Waals surface area (Å²) in [7, 11) is 0. The van der Waals surface area contributed by atoms with E-state index < -0.39 is 0 Å². The van der Waals surface area contributed by atoms with Gasteiger partial charge in [0.25, 0.3) is 5.91 Å². The van der Waals surface area contributed by atoms with Gasteiger partial charge in [0, 0.05) is 18.0 Å². The summed E-state index contributed by atoms with van der Waals surface area (Å²) in [6.45, 7) is 0. The van der Waals surface area contributed by atoms with Gasteiger partial charge in [-0.2, -0.15) is 0 Å². The van der Waals surface area contributed by atoms with Crippen molar-refractivity contribution in [2.45, 2.75) is 0 Å². The number of anilines is 1. The topological polar surface area (TPSA) is 67.8 Å². The molecule has 1 amide bonds. The third kappa shape index (κ3) is 3.10. The molecule has 1 N–H and O–H groups in total. The Morgan fingerprint density at radius 3 is 2.64 bits per heavy atom. The van der Waals surface area contributed by atoms with Gasteiger partial charge in [0.15, 0.2) is 0 Å². The number of amides is 1. The van der Waals surface area contributed by atoms with Crippen LogP contribution < -0.4 is 5.32 Å². The molecule has 6 heteroatoms. The first kappa shape index (κ1) is 14.2. The molecule has 22 heavy (non-hydrogen) atoms. The van der Waals surface area contributed by atoms with Crippen LogP contribution in [0.2, 0.25) is 5.28 Å². The third-order valence-corrected chi connectivity index (χ3v) is 3.19. The minimum absolute atomic E-state index is 0.0297. The first-order valence-corrected chi connectivity index (χ1v) is 6.91. The van der Waals surface area contributed by atoms with Crippen LogP contribution in [0.15, 0.2) is 61.1 Å². The van der Waals surface area contributed by atoms with E-state index in [0.717, 1.165) is 11.1 Å². The molecule has 2 aromatic heterocycles. The zero-order valence-corrected chi connectivity index (χ0v) is 12.2. The van der Waals surface area contributed by atoms with Crippen LogP contribution in [0.1, 0.15) is 10.5 Å². The number of halogens is 1. The number of aromatic nitrogens is 3. The lowest BCUT2D eigenvalue weighted by molar-refractivity contribution is 0.102. The van der Waals surface area contributed by atoms with Crippen molar-refractivity contribution in [3.05, 3.63) is 72.0 Å². The molecular weight excluding hydrogens is 300 g/mol. The highest BCUT2D eigenvalue weighted by Crippen LogP contribution is 2.26. The average Bonchev–Trinajstić information content (AvgIpc) is 2.56. The van der Waals surface area contributed by atoms with E-state index in [2.05, 4.69) is 20.3 Å². The van der Waals surface area contributed by atoms with Crippen molar-refractivity contribution in [2.24, 2.45) is 0 Å². The molecule has 0 saturated carbocycles. The number of hydrogen-bond donors (Lipinski definition) is 1. The normalized spacial score (nSPS) is 10.2. The summed E-state index contributed by atoms with van der Waals surface area (Å²) in [6.07, 6.45) is 4.72. The van der Waals surface area contributed by atoms with Gasteiger partial charge >= 0.3 is 0 Å². The number of nitrogens with zero attached hydrogens (tertiary/aromatic N) is 3. The SMILES string of the molecule is O=C(Nc1cnccc1-c1ccccc1)c1ccnc(Cl)n1. The van der Waals surface area contributed by atoms with Crippen molar-refractivity contribution in [3.63, 3.8) is 0 Å². The second kappa shape index (κ2) is 6.32. The van der Waals surface area contributed by atoms with Crippen molar-refractivity contribution >= 4 is 23.2 Å². The van der Waals surface area contributed by atoms with E-state index in [0.29, 0.717) is 5.69 Å². The lowest BCUT2D eigenvalue weighted by Gasteiger charge is -2.10. The van der Waals surface area contributed by atoms with Gasteiger partial charge in [-0.05, 0) is 29.3 Å². The molecule has 5 nitrogen and oxygen atoms in total. The quantitative estimate of drug-likeness (QED) is 0.752.